The molecule has 0 aliphatic heterocycles. The van der Waals surface area contributed by atoms with Gasteiger partial charge in [-0.1, -0.05) is 15.9 Å². The summed E-state index contributed by atoms with van der Waals surface area (Å²) in [6, 6.07) is 8.31. The number of hydrogen-bond acceptors (Lipinski definition) is 3. The maximum absolute atomic E-state index is 11.6. The van der Waals surface area contributed by atoms with E-state index < -0.39 is 0 Å². The summed E-state index contributed by atoms with van der Waals surface area (Å²) in [7, 11) is 5.26. The number of aliphatic imine (C=N–C) groups is 1. The number of thioether (sulfide) groups is 1. The Bertz CT molecular complexity index is 564. The SMILES string of the molecule is CN=C(NCCC(=O)N(C)C)NCC(C)(C)Sc1ccc(Br)cc1.I. The Morgan fingerprint density at radius 1 is 1.24 bits per heavy atom. The number of nitrogens with zero attached hydrogens (tertiary/aromatic N) is 2. The van der Waals surface area contributed by atoms with E-state index in [1.165, 1.54) is 4.90 Å². The molecule has 1 aromatic rings. The summed E-state index contributed by atoms with van der Waals surface area (Å²) >= 11 is 5.27. The van der Waals surface area contributed by atoms with E-state index in [0.29, 0.717) is 18.9 Å². The summed E-state index contributed by atoms with van der Waals surface area (Å²) in [5.41, 5.74) is 0. The van der Waals surface area contributed by atoms with Crippen molar-refractivity contribution in [2.24, 2.45) is 4.99 Å². The van der Waals surface area contributed by atoms with E-state index in [-0.39, 0.29) is 34.6 Å². The van der Waals surface area contributed by atoms with Crippen molar-refractivity contribution in [3.05, 3.63) is 28.7 Å². The van der Waals surface area contributed by atoms with Crippen molar-refractivity contribution in [2.75, 3.05) is 34.2 Å². The van der Waals surface area contributed by atoms with Crippen LogP contribution in [-0.2, 0) is 4.79 Å². The minimum Gasteiger partial charge on any atom is -0.356 e. The molecule has 1 amide bonds. The molecule has 0 spiro atoms. The van der Waals surface area contributed by atoms with Crippen LogP contribution in [-0.4, -0.2) is 55.7 Å². The van der Waals surface area contributed by atoms with Gasteiger partial charge in [0.15, 0.2) is 5.96 Å². The van der Waals surface area contributed by atoms with Crippen LogP contribution in [0.5, 0.6) is 0 Å². The van der Waals surface area contributed by atoms with Gasteiger partial charge in [-0.3, -0.25) is 9.79 Å². The van der Waals surface area contributed by atoms with Crippen molar-refractivity contribution in [1.29, 1.82) is 0 Å². The molecule has 0 aromatic heterocycles. The smallest absolute Gasteiger partial charge is 0.223 e. The maximum Gasteiger partial charge on any atom is 0.223 e. The standard InChI is InChI=1S/C17H27BrN4OS.HI/c1-17(2,24-14-8-6-13(18)7-9-14)12-21-16(19-3)20-11-10-15(23)22(4)5;/h6-9H,10-12H2,1-5H3,(H2,19,20,21);1H. The number of halogens is 2. The van der Waals surface area contributed by atoms with Gasteiger partial charge in [0.2, 0.25) is 5.91 Å². The van der Waals surface area contributed by atoms with Crippen LogP contribution in [0.15, 0.2) is 38.6 Å². The van der Waals surface area contributed by atoms with Crippen LogP contribution in [0.1, 0.15) is 20.3 Å². The number of hydrogen-bond donors (Lipinski definition) is 2. The summed E-state index contributed by atoms with van der Waals surface area (Å²) in [4.78, 5) is 18.6. The number of guanidine groups is 1. The number of rotatable bonds is 7. The molecule has 0 bridgehead atoms. The first-order valence-corrected chi connectivity index (χ1v) is 9.44. The number of nitrogens with one attached hydrogen (secondary N) is 2. The predicted molar refractivity (Wildman–Crippen MR) is 122 cm³/mol. The van der Waals surface area contributed by atoms with Gasteiger partial charge in [0, 0.05) is 54.8 Å². The van der Waals surface area contributed by atoms with E-state index in [4.69, 9.17) is 0 Å². The fraction of sp³-hybridized carbons (Fsp3) is 0.529. The van der Waals surface area contributed by atoms with Gasteiger partial charge in [0.25, 0.3) is 0 Å². The summed E-state index contributed by atoms with van der Waals surface area (Å²) in [6.07, 6.45) is 0.449. The number of carbonyl (C=O) groups excluding carboxylic acids is 1. The van der Waals surface area contributed by atoms with Crippen molar-refractivity contribution < 1.29 is 4.79 Å². The summed E-state index contributed by atoms with van der Waals surface area (Å²) in [5, 5.41) is 6.50. The third-order valence-electron chi connectivity index (χ3n) is 3.24. The van der Waals surface area contributed by atoms with E-state index >= 15 is 0 Å². The maximum atomic E-state index is 11.6. The highest BCUT2D eigenvalue weighted by Crippen LogP contribution is 2.32. The zero-order valence-corrected chi connectivity index (χ0v) is 20.2. The van der Waals surface area contributed by atoms with Gasteiger partial charge >= 0.3 is 0 Å². The van der Waals surface area contributed by atoms with Gasteiger partial charge < -0.3 is 15.5 Å². The van der Waals surface area contributed by atoms with E-state index in [0.717, 1.165) is 11.0 Å². The topological polar surface area (TPSA) is 56.7 Å². The molecular weight excluding hydrogens is 515 g/mol. The molecule has 142 valence electrons. The van der Waals surface area contributed by atoms with E-state index in [1.54, 1.807) is 26.0 Å². The molecule has 0 heterocycles. The molecule has 0 aliphatic rings. The lowest BCUT2D eigenvalue weighted by molar-refractivity contribution is -0.128. The van der Waals surface area contributed by atoms with Crippen molar-refractivity contribution >= 4 is 63.5 Å². The Morgan fingerprint density at radius 3 is 2.36 bits per heavy atom. The van der Waals surface area contributed by atoms with Crippen LogP contribution in [0.2, 0.25) is 0 Å². The summed E-state index contributed by atoms with van der Waals surface area (Å²) < 4.78 is 1.09. The van der Waals surface area contributed by atoms with Crippen LogP contribution in [0.3, 0.4) is 0 Å². The van der Waals surface area contributed by atoms with Crippen molar-refractivity contribution in [1.82, 2.24) is 15.5 Å². The molecular formula is C17H28BrIN4OS. The van der Waals surface area contributed by atoms with Gasteiger partial charge in [-0.2, -0.15) is 0 Å². The van der Waals surface area contributed by atoms with E-state index in [2.05, 4.69) is 57.5 Å². The number of carbonyl (C=O) groups is 1. The highest BCUT2D eigenvalue weighted by atomic mass is 127. The average Bonchev–Trinajstić information content (AvgIpc) is 2.52. The average molecular weight is 543 g/mol. The molecule has 1 aromatic carbocycles. The molecule has 5 nitrogen and oxygen atoms in total. The summed E-state index contributed by atoms with van der Waals surface area (Å²) in [5.74, 6) is 0.815. The minimum absolute atomic E-state index is 0. The molecule has 8 heteroatoms. The predicted octanol–water partition coefficient (Wildman–Crippen LogP) is 3.58. The van der Waals surface area contributed by atoms with Gasteiger partial charge in [0.05, 0.1) is 0 Å². The van der Waals surface area contributed by atoms with Gasteiger partial charge in [-0.15, -0.1) is 35.7 Å². The van der Waals surface area contributed by atoms with Crippen molar-refractivity contribution in [2.45, 2.75) is 29.9 Å². The van der Waals surface area contributed by atoms with Crippen molar-refractivity contribution in [3.8, 4) is 0 Å². The molecule has 0 atom stereocenters. The Balaban J connectivity index is 0.00000576. The Hall–Kier alpha value is -0.480. The second-order valence-electron chi connectivity index (χ2n) is 6.21. The molecule has 0 fully saturated rings. The number of amides is 1. The highest BCUT2D eigenvalue weighted by Gasteiger charge is 2.20. The highest BCUT2D eigenvalue weighted by molar-refractivity contribution is 14.0. The largest absolute Gasteiger partial charge is 0.356 e. The molecule has 0 unspecified atom stereocenters. The molecule has 0 saturated carbocycles. The molecule has 0 radical (unpaired) electrons. The van der Waals surface area contributed by atoms with Crippen LogP contribution in [0.25, 0.3) is 0 Å². The van der Waals surface area contributed by atoms with Crippen molar-refractivity contribution in [3.63, 3.8) is 0 Å². The zero-order valence-electron chi connectivity index (χ0n) is 15.4. The van der Waals surface area contributed by atoms with Crippen LogP contribution in [0, 0.1) is 0 Å². The third-order valence-corrected chi connectivity index (χ3v) is 4.98. The first-order valence-electron chi connectivity index (χ1n) is 7.83. The molecule has 0 aliphatic carbocycles. The monoisotopic (exact) mass is 542 g/mol. The first-order chi connectivity index (χ1) is 11.2. The Kier molecular flexibility index (Phi) is 11.8. The second-order valence-corrected chi connectivity index (χ2v) is 8.90. The van der Waals surface area contributed by atoms with Gasteiger partial charge in [0.1, 0.15) is 0 Å². The first kappa shape index (κ1) is 24.5. The molecule has 1 rings (SSSR count). The van der Waals surface area contributed by atoms with E-state index in [9.17, 15) is 4.79 Å². The lowest BCUT2D eigenvalue weighted by atomic mass is 10.2. The molecule has 0 saturated heterocycles. The van der Waals surface area contributed by atoms with Crippen LogP contribution < -0.4 is 10.6 Å². The quantitative estimate of drug-likeness (QED) is 0.239. The summed E-state index contributed by atoms with van der Waals surface area (Å²) in [6.45, 7) is 5.71. The van der Waals surface area contributed by atoms with E-state index in [1.807, 2.05) is 23.9 Å². The normalized spacial score (nSPS) is 11.5. The zero-order chi connectivity index (χ0) is 18.2. The number of benzene rings is 1. The van der Waals surface area contributed by atoms with Crippen LogP contribution >= 0.6 is 51.7 Å². The lowest BCUT2D eigenvalue weighted by Crippen LogP contribution is -2.44. The molecule has 25 heavy (non-hydrogen) atoms. The Morgan fingerprint density at radius 2 is 1.84 bits per heavy atom. The van der Waals surface area contributed by atoms with Gasteiger partial charge in [-0.25, -0.2) is 0 Å². The minimum atomic E-state index is 0. The third kappa shape index (κ3) is 10.3. The fourth-order valence-corrected chi connectivity index (χ4v) is 3.21. The Labute approximate surface area is 180 Å². The second kappa shape index (κ2) is 12.0. The van der Waals surface area contributed by atoms with Gasteiger partial charge in [-0.05, 0) is 38.1 Å². The van der Waals surface area contributed by atoms with Crippen LogP contribution in [0.4, 0.5) is 0 Å². The lowest BCUT2D eigenvalue weighted by Gasteiger charge is -2.25. The fourth-order valence-electron chi connectivity index (χ4n) is 1.89. The molecule has 2 N–H and O–H groups in total.